The molecule has 0 spiro atoms. The largest absolute Gasteiger partial charge is 0.456 e. The lowest BCUT2D eigenvalue weighted by Gasteiger charge is -2.10. The summed E-state index contributed by atoms with van der Waals surface area (Å²) in [7, 11) is 0. The number of hydrogen-bond donors (Lipinski definition) is 0. The third-order valence-corrected chi connectivity index (χ3v) is 17.6. The van der Waals surface area contributed by atoms with Crippen molar-refractivity contribution in [3.8, 4) is 22.5 Å². The third kappa shape index (κ3) is 4.75. The number of furan rings is 1. The Labute approximate surface area is 387 Å². The molecule has 0 fully saturated rings. The van der Waals surface area contributed by atoms with Crippen LogP contribution in [0.3, 0.4) is 0 Å². The molecule has 0 N–H and O–H groups in total. The Morgan fingerprint density at radius 2 is 0.788 bits per heavy atom. The molecule has 0 bridgehead atoms. The number of para-hydroxylation sites is 2. The first kappa shape index (κ1) is 35.6. The second kappa shape index (κ2) is 13.0. The van der Waals surface area contributed by atoms with Crippen LogP contribution in [0.4, 0.5) is 0 Å². The number of rotatable bonds is 3. The molecule has 6 heterocycles. The van der Waals surface area contributed by atoms with Gasteiger partial charge in [-0.3, -0.25) is 0 Å². The summed E-state index contributed by atoms with van der Waals surface area (Å²) >= 11 is 5.68. The van der Waals surface area contributed by atoms with Crippen molar-refractivity contribution < 1.29 is 4.42 Å². The van der Waals surface area contributed by atoms with Gasteiger partial charge in [0.15, 0.2) is 0 Å². The molecule has 0 aliphatic carbocycles. The van der Waals surface area contributed by atoms with Crippen LogP contribution in [0.2, 0.25) is 0 Å². The fraction of sp³-hybridized carbons (Fsp3) is 0. The Bertz CT molecular complexity index is 4780. The molecule has 0 aliphatic rings. The molecule has 0 atom stereocenters. The summed E-state index contributed by atoms with van der Waals surface area (Å²) in [5, 5.41) is 15.2. The first-order valence-corrected chi connectivity index (χ1v) is 24.8. The average molecular weight is 893 g/mol. The minimum atomic E-state index is 0.901. The van der Waals surface area contributed by atoms with Crippen molar-refractivity contribution in [2.24, 2.45) is 0 Å². The highest BCUT2D eigenvalue weighted by Crippen LogP contribution is 2.47. The zero-order chi connectivity index (χ0) is 42.8. The van der Waals surface area contributed by atoms with Crippen molar-refractivity contribution in [3.63, 3.8) is 0 Å². The van der Waals surface area contributed by atoms with E-state index in [1.54, 1.807) is 0 Å². The minimum Gasteiger partial charge on any atom is -0.456 e. The maximum atomic E-state index is 6.43. The number of fused-ring (bicyclic) bond motifs is 20. The summed E-state index contributed by atoms with van der Waals surface area (Å²) in [6.07, 6.45) is 0. The number of nitrogens with zero attached hydrogens (tertiary/aromatic N) is 2. The Morgan fingerprint density at radius 1 is 0.288 bits per heavy atom. The molecule has 0 unspecified atom stereocenters. The van der Waals surface area contributed by atoms with E-state index in [0.29, 0.717) is 0 Å². The topological polar surface area (TPSA) is 23.0 Å². The van der Waals surface area contributed by atoms with E-state index in [1.165, 1.54) is 121 Å². The molecule has 0 amide bonds. The van der Waals surface area contributed by atoms with Crippen molar-refractivity contribution >= 4 is 160 Å². The molecule has 0 saturated heterocycles. The maximum Gasteiger partial charge on any atom is 0.137 e. The number of benzene rings is 10. The van der Waals surface area contributed by atoms with Crippen LogP contribution >= 0.6 is 34.0 Å². The van der Waals surface area contributed by atoms with Gasteiger partial charge in [0, 0.05) is 101 Å². The van der Waals surface area contributed by atoms with Gasteiger partial charge in [0.2, 0.25) is 0 Å². The molecule has 10 aromatic carbocycles. The Kier molecular flexibility index (Phi) is 6.99. The van der Waals surface area contributed by atoms with Crippen LogP contribution < -0.4 is 0 Å². The Hall–Kier alpha value is -7.74. The van der Waals surface area contributed by atoms with Gasteiger partial charge in [0.1, 0.15) is 11.2 Å². The number of thiophene rings is 3. The Balaban J connectivity index is 0.919. The van der Waals surface area contributed by atoms with Crippen LogP contribution in [0, 0.1) is 0 Å². The first-order valence-electron chi connectivity index (χ1n) is 22.3. The molecule has 0 radical (unpaired) electrons. The first-order chi connectivity index (χ1) is 32.7. The predicted molar refractivity (Wildman–Crippen MR) is 287 cm³/mol. The molecular weight excluding hydrogens is 861 g/mol. The zero-order valence-electron chi connectivity index (χ0n) is 35.0. The third-order valence-electron chi connectivity index (χ3n) is 14.1. The van der Waals surface area contributed by atoms with Gasteiger partial charge < -0.3 is 13.6 Å². The van der Waals surface area contributed by atoms with Gasteiger partial charge in [-0.2, -0.15) is 0 Å². The van der Waals surface area contributed by atoms with Crippen LogP contribution in [0.25, 0.3) is 149 Å². The Morgan fingerprint density at radius 3 is 1.59 bits per heavy atom. The lowest BCUT2D eigenvalue weighted by Crippen LogP contribution is -1.94. The van der Waals surface area contributed by atoms with Gasteiger partial charge in [-0.25, -0.2) is 0 Å². The normalized spacial score (nSPS) is 12.5. The van der Waals surface area contributed by atoms with E-state index in [1.807, 2.05) is 40.1 Å². The highest BCUT2D eigenvalue weighted by Gasteiger charge is 2.22. The van der Waals surface area contributed by atoms with Crippen LogP contribution in [0.15, 0.2) is 199 Å². The van der Waals surface area contributed by atoms with Gasteiger partial charge in [-0.05, 0) is 77.9 Å². The molecule has 66 heavy (non-hydrogen) atoms. The second-order valence-electron chi connectivity index (χ2n) is 17.6. The van der Waals surface area contributed by atoms with E-state index in [9.17, 15) is 0 Å². The fourth-order valence-corrected chi connectivity index (χ4v) is 14.8. The second-order valence-corrected chi connectivity index (χ2v) is 20.8. The maximum absolute atomic E-state index is 6.43. The van der Waals surface area contributed by atoms with Gasteiger partial charge in [0.05, 0.1) is 31.5 Å². The van der Waals surface area contributed by atoms with E-state index in [4.69, 9.17) is 4.42 Å². The summed E-state index contributed by atoms with van der Waals surface area (Å²) in [5.74, 6) is 0. The van der Waals surface area contributed by atoms with Crippen LogP contribution in [0.1, 0.15) is 0 Å². The molecule has 0 aliphatic heterocycles. The van der Waals surface area contributed by atoms with E-state index in [-0.39, 0.29) is 0 Å². The minimum absolute atomic E-state index is 0.901. The smallest absolute Gasteiger partial charge is 0.137 e. The van der Waals surface area contributed by atoms with Crippen molar-refractivity contribution in [1.82, 2.24) is 9.13 Å². The molecule has 3 nitrogen and oxygen atoms in total. The van der Waals surface area contributed by atoms with Gasteiger partial charge >= 0.3 is 0 Å². The van der Waals surface area contributed by atoms with Crippen molar-refractivity contribution in [2.45, 2.75) is 0 Å². The summed E-state index contributed by atoms with van der Waals surface area (Å²) in [4.78, 5) is 0. The molecule has 16 rings (SSSR count). The summed E-state index contributed by atoms with van der Waals surface area (Å²) in [6.45, 7) is 0. The predicted octanol–water partition coefficient (Wildman–Crippen LogP) is 18.6. The SMILES string of the molecule is c1ccc2c(c1)oc1cc(-n3c4ccccc4c4ccc5c6cc(-c7ccc8c9ccc%10c%11ccccc%11sc%10c9n(-c9ccc%10c(c9)sc9ccccc9%10)c8c7)ccc6sc5c43)ccc12. The molecule has 6 heteroatoms. The molecule has 16 aromatic rings. The van der Waals surface area contributed by atoms with Crippen molar-refractivity contribution in [1.29, 1.82) is 0 Å². The fourth-order valence-electron chi connectivity index (χ4n) is 11.2. The number of aromatic nitrogens is 2. The van der Waals surface area contributed by atoms with Gasteiger partial charge in [0.25, 0.3) is 0 Å². The van der Waals surface area contributed by atoms with Gasteiger partial charge in [-0.15, -0.1) is 34.0 Å². The summed E-state index contributed by atoms with van der Waals surface area (Å²) in [5.41, 5.74) is 11.4. The van der Waals surface area contributed by atoms with Crippen LogP contribution in [-0.4, -0.2) is 9.13 Å². The number of hydrogen-bond acceptors (Lipinski definition) is 4. The standard InChI is InChI=1S/C60H32N2OS3/c1-5-13-49-37(9-1)44-25-27-47-48-29-33(18-28-55(48)66-60(47)57(44)61(49)35-19-22-40-39-10-2-6-14-51(39)63-52(40)31-35)34-17-21-38-45-24-26-46-42-12-4-8-16-54(42)65-59(46)58(45)62(50(38)30-34)36-20-23-43-41-11-3-7-15-53(41)64-56(43)32-36/h1-32H. The van der Waals surface area contributed by atoms with Crippen LogP contribution in [0.5, 0.6) is 0 Å². The lowest BCUT2D eigenvalue weighted by atomic mass is 10.0. The van der Waals surface area contributed by atoms with E-state index < -0.39 is 0 Å². The quantitative estimate of drug-likeness (QED) is 0.173. The molecular formula is C60H32N2OS3. The van der Waals surface area contributed by atoms with Crippen molar-refractivity contribution in [2.75, 3.05) is 0 Å². The monoisotopic (exact) mass is 892 g/mol. The van der Waals surface area contributed by atoms with E-state index in [0.717, 1.165) is 27.6 Å². The zero-order valence-corrected chi connectivity index (χ0v) is 37.5. The van der Waals surface area contributed by atoms with Crippen LogP contribution in [-0.2, 0) is 0 Å². The average Bonchev–Trinajstić information content (AvgIpc) is 4.22. The van der Waals surface area contributed by atoms with Crippen molar-refractivity contribution in [3.05, 3.63) is 194 Å². The van der Waals surface area contributed by atoms with E-state index in [2.05, 4.69) is 197 Å². The summed E-state index contributed by atoms with van der Waals surface area (Å²) < 4.78 is 19.3. The summed E-state index contributed by atoms with van der Waals surface area (Å²) in [6, 6.07) is 72.1. The lowest BCUT2D eigenvalue weighted by molar-refractivity contribution is 0.668. The highest BCUT2D eigenvalue weighted by atomic mass is 32.1. The molecule has 0 saturated carbocycles. The molecule has 6 aromatic heterocycles. The van der Waals surface area contributed by atoms with Gasteiger partial charge in [-0.1, -0.05) is 121 Å². The molecule has 306 valence electrons. The van der Waals surface area contributed by atoms with E-state index >= 15 is 0 Å². The highest BCUT2D eigenvalue weighted by molar-refractivity contribution is 7.27.